The van der Waals surface area contributed by atoms with E-state index in [0.717, 1.165) is 36.5 Å². The second-order valence-electron chi connectivity index (χ2n) is 5.05. The highest BCUT2D eigenvalue weighted by Crippen LogP contribution is 2.14. The fraction of sp³-hybridized carbons (Fsp3) is 0.333. The first-order valence-corrected chi connectivity index (χ1v) is 8.21. The van der Waals surface area contributed by atoms with Crippen molar-refractivity contribution in [3.63, 3.8) is 0 Å². The Balaban J connectivity index is 2.14. The number of hydrogen-bond donors (Lipinski definition) is 0. The molecule has 0 aliphatic rings. The van der Waals surface area contributed by atoms with Gasteiger partial charge < -0.3 is 9.74 Å². The lowest BCUT2D eigenvalue weighted by atomic mass is 10.0. The van der Waals surface area contributed by atoms with Gasteiger partial charge in [0.25, 0.3) is 0 Å². The van der Waals surface area contributed by atoms with Gasteiger partial charge >= 0.3 is 0 Å². The highest BCUT2D eigenvalue weighted by molar-refractivity contribution is 6.30. The van der Waals surface area contributed by atoms with Gasteiger partial charge in [-0.05, 0) is 37.4 Å². The van der Waals surface area contributed by atoms with E-state index in [2.05, 4.69) is 28.9 Å². The predicted molar refractivity (Wildman–Crippen MR) is 95.1 cm³/mol. The highest BCUT2D eigenvalue weighted by atomic mass is 35.5. The van der Waals surface area contributed by atoms with Crippen LogP contribution in [0, 0.1) is 0 Å². The normalized spacial score (nSPS) is 11.7. The molecule has 0 saturated heterocycles. The molecule has 2 rings (SSSR count). The van der Waals surface area contributed by atoms with Crippen LogP contribution in [0.15, 0.2) is 53.9 Å². The summed E-state index contributed by atoms with van der Waals surface area (Å²) in [6.07, 6.45) is 3.52. The second-order valence-corrected chi connectivity index (χ2v) is 5.49. The minimum absolute atomic E-state index is 0.555. The second kappa shape index (κ2) is 9.28. The molecular formula is C18H22ClN3O. The number of oxime groups is 1. The minimum Gasteiger partial charge on any atom is -0.394 e. The van der Waals surface area contributed by atoms with Gasteiger partial charge in [-0.25, -0.2) is 0 Å². The third-order valence-electron chi connectivity index (χ3n) is 3.60. The van der Waals surface area contributed by atoms with Crippen LogP contribution in [-0.2, 0) is 4.84 Å². The fourth-order valence-corrected chi connectivity index (χ4v) is 2.33. The summed E-state index contributed by atoms with van der Waals surface area (Å²) in [5.41, 5.74) is 2.62. The summed E-state index contributed by atoms with van der Waals surface area (Å²) in [6, 6.07) is 11.4. The molecule has 0 bridgehead atoms. The molecule has 0 fully saturated rings. The SMILES string of the molecule is CCN(CC)CCO/N=C(\c1ccc(Cl)cc1)c1cccnc1. The van der Waals surface area contributed by atoms with Gasteiger partial charge in [0.15, 0.2) is 0 Å². The lowest BCUT2D eigenvalue weighted by Gasteiger charge is -2.16. The third-order valence-corrected chi connectivity index (χ3v) is 3.85. The molecule has 0 atom stereocenters. The van der Waals surface area contributed by atoms with Gasteiger partial charge in [0, 0.05) is 35.1 Å². The van der Waals surface area contributed by atoms with Crippen LogP contribution in [0.3, 0.4) is 0 Å². The quantitative estimate of drug-likeness (QED) is 0.419. The summed E-state index contributed by atoms with van der Waals surface area (Å²) >= 11 is 5.97. The van der Waals surface area contributed by atoms with Crippen molar-refractivity contribution in [2.24, 2.45) is 5.16 Å². The molecule has 5 heteroatoms. The van der Waals surface area contributed by atoms with Crippen molar-refractivity contribution in [2.75, 3.05) is 26.2 Å². The first kappa shape index (κ1) is 17.4. The van der Waals surface area contributed by atoms with Crippen LogP contribution >= 0.6 is 11.6 Å². The lowest BCUT2D eigenvalue weighted by molar-refractivity contribution is 0.114. The van der Waals surface area contributed by atoms with Crippen LogP contribution in [0.1, 0.15) is 25.0 Å². The van der Waals surface area contributed by atoms with Crippen molar-refractivity contribution in [3.8, 4) is 0 Å². The molecule has 0 unspecified atom stereocenters. The largest absolute Gasteiger partial charge is 0.394 e. The number of likely N-dealkylation sites (N-methyl/N-ethyl adjacent to an activating group) is 1. The molecule has 0 aliphatic heterocycles. The van der Waals surface area contributed by atoms with E-state index in [1.807, 2.05) is 36.4 Å². The number of rotatable bonds is 8. The summed E-state index contributed by atoms with van der Waals surface area (Å²) in [4.78, 5) is 12.0. The van der Waals surface area contributed by atoms with Crippen LogP contribution in [0.2, 0.25) is 5.02 Å². The number of hydrogen-bond acceptors (Lipinski definition) is 4. The summed E-state index contributed by atoms with van der Waals surface area (Å²) in [6.45, 7) is 7.71. The molecule has 0 amide bonds. The zero-order chi connectivity index (χ0) is 16.5. The summed E-state index contributed by atoms with van der Waals surface area (Å²) in [7, 11) is 0. The standard InChI is InChI=1S/C18H22ClN3O/c1-3-22(4-2)12-13-23-21-18(16-6-5-11-20-14-16)15-7-9-17(19)10-8-15/h5-11,14H,3-4,12-13H2,1-2H3/b21-18+. The van der Waals surface area contributed by atoms with Crippen LogP contribution in [0.5, 0.6) is 0 Å². The molecule has 0 N–H and O–H groups in total. The Hall–Kier alpha value is -1.91. The van der Waals surface area contributed by atoms with E-state index in [9.17, 15) is 0 Å². The predicted octanol–water partition coefficient (Wildman–Crippen LogP) is 3.85. The van der Waals surface area contributed by atoms with Crippen molar-refractivity contribution < 1.29 is 4.84 Å². The topological polar surface area (TPSA) is 37.7 Å². The first-order valence-electron chi connectivity index (χ1n) is 7.83. The van der Waals surface area contributed by atoms with E-state index in [1.54, 1.807) is 12.4 Å². The molecular weight excluding hydrogens is 310 g/mol. The van der Waals surface area contributed by atoms with Crippen LogP contribution in [0.25, 0.3) is 0 Å². The van der Waals surface area contributed by atoms with Gasteiger partial charge in [-0.2, -0.15) is 0 Å². The number of halogens is 1. The zero-order valence-electron chi connectivity index (χ0n) is 13.6. The highest BCUT2D eigenvalue weighted by Gasteiger charge is 2.08. The maximum absolute atomic E-state index is 5.97. The Labute approximate surface area is 142 Å². The molecule has 0 radical (unpaired) electrons. The molecule has 2 aromatic rings. The van der Waals surface area contributed by atoms with Gasteiger partial charge in [-0.3, -0.25) is 4.98 Å². The molecule has 1 aromatic heterocycles. The smallest absolute Gasteiger partial charge is 0.129 e. The maximum atomic E-state index is 5.97. The Morgan fingerprint density at radius 1 is 1.13 bits per heavy atom. The molecule has 4 nitrogen and oxygen atoms in total. The maximum Gasteiger partial charge on any atom is 0.129 e. The van der Waals surface area contributed by atoms with Crippen LogP contribution in [-0.4, -0.2) is 41.8 Å². The Bertz CT molecular complexity index is 610. The lowest BCUT2D eigenvalue weighted by Crippen LogP contribution is -2.26. The Morgan fingerprint density at radius 3 is 2.48 bits per heavy atom. The summed E-state index contributed by atoms with van der Waals surface area (Å²) in [5.74, 6) is 0. The van der Waals surface area contributed by atoms with Crippen LogP contribution < -0.4 is 0 Å². The van der Waals surface area contributed by atoms with Crippen molar-refractivity contribution in [3.05, 3.63) is 64.9 Å². The van der Waals surface area contributed by atoms with E-state index in [4.69, 9.17) is 16.4 Å². The van der Waals surface area contributed by atoms with Gasteiger partial charge in [0.05, 0.1) is 0 Å². The van der Waals surface area contributed by atoms with Crippen molar-refractivity contribution in [2.45, 2.75) is 13.8 Å². The van der Waals surface area contributed by atoms with Crippen molar-refractivity contribution in [1.29, 1.82) is 0 Å². The molecule has 0 aliphatic carbocycles. The first-order chi connectivity index (χ1) is 11.2. The molecule has 0 spiro atoms. The zero-order valence-corrected chi connectivity index (χ0v) is 14.3. The number of nitrogens with zero attached hydrogens (tertiary/aromatic N) is 3. The summed E-state index contributed by atoms with van der Waals surface area (Å²) in [5, 5.41) is 5.04. The third kappa shape index (κ3) is 5.34. The molecule has 0 saturated carbocycles. The fourth-order valence-electron chi connectivity index (χ4n) is 2.20. The van der Waals surface area contributed by atoms with Crippen LogP contribution in [0.4, 0.5) is 0 Å². The number of pyridine rings is 1. The molecule has 122 valence electrons. The van der Waals surface area contributed by atoms with Gasteiger partial charge in [-0.15, -0.1) is 0 Å². The summed E-state index contributed by atoms with van der Waals surface area (Å²) < 4.78 is 0. The van der Waals surface area contributed by atoms with E-state index in [1.165, 1.54) is 0 Å². The van der Waals surface area contributed by atoms with E-state index in [-0.39, 0.29) is 0 Å². The Kier molecular flexibility index (Phi) is 7.04. The van der Waals surface area contributed by atoms with E-state index >= 15 is 0 Å². The molecule has 1 aromatic carbocycles. The minimum atomic E-state index is 0.555. The van der Waals surface area contributed by atoms with Crippen molar-refractivity contribution in [1.82, 2.24) is 9.88 Å². The van der Waals surface area contributed by atoms with Crippen molar-refractivity contribution >= 4 is 17.3 Å². The van der Waals surface area contributed by atoms with E-state index < -0.39 is 0 Å². The number of benzene rings is 1. The molecule has 23 heavy (non-hydrogen) atoms. The van der Waals surface area contributed by atoms with Gasteiger partial charge in [-0.1, -0.05) is 42.7 Å². The number of aromatic nitrogens is 1. The average Bonchev–Trinajstić information content (AvgIpc) is 2.60. The van der Waals surface area contributed by atoms with Gasteiger partial charge in [0.2, 0.25) is 0 Å². The van der Waals surface area contributed by atoms with Gasteiger partial charge in [0.1, 0.15) is 12.3 Å². The molecule has 1 heterocycles. The monoisotopic (exact) mass is 331 g/mol. The van der Waals surface area contributed by atoms with E-state index in [0.29, 0.717) is 11.6 Å². The Morgan fingerprint density at radius 2 is 1.87 bits per heavy atom. The average molecular weight is 332 g/mol.